The highest BCUT2D eigenvalue weighted by Crippen LogP contribution is 2.33. The summed E-state index contributed by atoms with van der Waals surface area (Å²) in [7, 11) is 3.55. The summed E-state index contributed by atoms with van der Waals surface area (Å²) in [5.74, 6) is 0.156. The molecule has 0 fully saturated rings. The number of nitrogens with two attached hydrogens (primary N) is 2. The van der Waals surface area contributed by atoms with Crippen LogP contribution in [0.4, 0.5) is 5.95 Å². The molecule has 0 aliphatic heterocycles. The summed E-state index contributed by atoms with van der Waals surface area (Å²) in [5, 5.41) is 7.27. The van der Waals surface area contributed by atoms with Crippen LogP contribution in [-0.2, 0) is 24.3 Å². The topological polar surface area (TPSA) is 257 Å². The molecule has 6 N–H and O–H groups in total. The molecule has 0 aliphatic rings. The number of anilines is 1. The number of aldehydes is 1. The number of hydrogen-bond donors (Lipinski definition) is 4. The Hall–Kier alpha value is -7.28. The van der Waals surface area contributed by atoms with Crippen molar-refractivity contribution in [2.45, 2.75) is 67.0 Å². The zero-order valence-electron chi connectivity index (χ0n) is 36.6. The van der Waals surface area contributed by atoms with E-state index in [9.17, 15) is 19.2 Å². The van der Waals surface area contributed by atoms with Crippen LogP contribution in [0.15, 0.2) is 57.7 Å². The van der Waals surface area contributed by atoms with Crippen molar-refractivity contribution in [2.75, 3.05) is 45.7 Å². The van der Waals surface area contributed by atoms with Gasteiger partial charge >= 0.3 is 0 Å². The summed E-state index contributed by atoms with van der Waals surface area (Å²) in [6, 6.07) is 4.89. The van der Waals surface area contributed by atoms with Gasteiger partial charge in [-0.1, -0.05) is 19.1 Å². The molecule has 19 heteroatoms. The first kappa shape index (κ1) is 45.3. The van der Waals surface area contributed by atoms with Crippen LogP contribution < -0.4 is 26.8 Å². The number of primary amides is 1. The third kappa shape index (κ3) is 10.1. The number of aliphatic imine (C=N–C) groups is 1. The number of benzene rings is 1. The highest BCUT2D eigenvalue weighted by atomic mass is 16.5. The van der Waals surface area contributed by atoms with Crippen molar-refractivity contribution in [1.82, 2.24) is 44.3 Å². The second-order valence-corrected chi connectivity index (χ2v) is 14.9. The summed E-state index contributed by atoms with van der Waals surface area (Å²) in [5.41, 5.74) is 16.5. The van der Waals surface area contributed by atoms with Crippen LogP contribution in [0.3, 0.4) is 0 Å². The van der Waals surface area contributed by atoms with Gasteiger partial charge in [-0.15, -0.1) is 0 Å². The average molecular weight is 860 g/mol. The van der Waals surface area contributed by atoms with E-state index in [0.717, 1.165) is 5.52 Å². The molecule has 0 saturated heterocycles. The number of nitrogens with zero attached hydrogens (tertiary/aromatic N) is 9. The molecule has 3 amide bonds. The number of amides is 3. The van der Waals surface area contributed by atoms with Crippen molar-refractivity contribution in [3.8, 4) is 5.75 Å². The van der Waals surface area contributed by atoms with Crippen molar-refractivity contribution in [2.24, 2.45) is 16.5 Å². The highest BCUT2D eigenvalue weighted by molar-refractivity contribution is 6.12. The molecule has 330 valence electrons. The Labute approximate surface area is 363 Å². The number of hydrogen-bond acceptors (Lipinski definition) is 14. The van der Waals surface area contributed by atoms with Crippen molar-refractivity contribution < 1.29 is 28.3 Å². The number of rotatable bonds is 20. The molecule has 0 saturated carbocycles. The van der Waals surface area contributed by atoms with E-state index >= 15 is 0 Å². The Morgan fingerprint density at radius 3 is 2.44 bits per heavy atom. The van der Waals surface area contributed by atoms with Gasteiger partial charge in [-0.3, -0.25) is 29.5 Å². The summed E-state index contributed by atoms with van der Waals surface area (Å²) in [6.45, 7) is 11.3. The standard InChI is InChI=1S/C44H53N13O6/c1-8-31-39(63-27(5)51-31)43(61)54-44-52-32-20-28(24-58)21-35(62-18-12-15-55(7)36(59)13-14-47-6)38(32)57(44)17-11-10-16-56-37-26(4)50-33(40(46)60)22-29(37)30-23-49-41(53-42(30)56)34(48-9-2)19-25(3)45/h10-11,19-24,47H,8-9,12-18,45H2,1-7H3,(H2,46,60)(H,52,54,61)/b11-10+,25-19-,48-34?. The van der Waals surface area contributed by atoms with E-state index in [1.54, 1.807) is 74.8 Å². The minimum absolute atomic E-state index is 0.0117. The van der Waals surface area contributed by atoms with Crippen LogP contribution in [0.5, 0.6) is 5.75 Å². The molecule has 6 aromatic rings. The monoisotopic (exact) mass is 859 g/mol. The van der Waals surface area contributed by atoms with Gasteiger partial charge in [-0.25, -0.2) is 24.9 Å². The number of pyridine rings is 1. The summed E-state index contributed by atoms with van der Waals surface area (Å²) in [4.78, 5) is 80.1. The SMILES string of the molecule is CCN=C(/C=C(/C)N)c1ncc2c3cc(C(N)=O)nc(C)c3n(C/C=C/Cn3c(NC(=O)c4oc(C)nc4CC)nc4cc(C=O)cc(OCCCN(C)C(=O)CCNC)c43)c2n1. The summed E-state index contributed by atoms with van der Waals surface area (Å²) >= 11 is 0. The van der Waals surface area contributed by atoms with Crippen molar-refractivity contribution in [3.63, 3.8) is 0 Å². The molecule has 0 spiro atoms. The lowest BCUT2D eigenvalue weighted by Gasteiger charge is -2.17. The summed E-state index contributed by atoms with van der Waals surface area (Å²) < 4.78 is 15.8. The number of oxazole rings is 1. The molecular formula is C44H53N13O6. The first-order valence-corrected chi connectivity index (χ1v) is 20.7. The first-order valence-electron chi connectivity index (χ1n) is 20.7. The third-order valence-electron chi connectivity index (χ3n) is 10.1. The highest BCUT2D eigenvalue weighted by Gasteiger charge is 2.24. The number of carbonyl (C=O) groups excluding carboxylic acids is 4. The van der Waals surface area contributed by atoms with Crippen LogP contribution in [0.25, 0.3) is 33.0 Å². The average Bonchev–Trinajstić information content (AvgIpc) is 3.92. The third-order valence-corrected chi connectivity index (χ3v) is 10.1. The maximum atomic E-state index is 13.7. The number of allylic oxidation sites excluding steroid dienone is 4. The van der Waals surface area contributed by atoms with Crippen LogP contribution in [-0.4, -0.2) is 109 Å². The molecule has 0 radical (unpaired) electrons. The molecule has 0 unspecified atom stereocenters. The summed E-state index contributed by atoms with van der Waals surface area (Å²) in [6.07, 6.45) is 9.32. The number of aromatic nitrogens is 7. The molecule has 0 atom stereocenters. The number of aryl methyl sites for hydroxylation is 3. The van der Waals surface area contributed by atoms with Crippen LogP contribution >= 0.6 is 0 Å². The molecule has 63 heavy (non-hydrogen) atoms. The van der Waals surface area contributed by atoms with E-state index in [1.165, 1.54) is 0 Å². The number of fused-ring (bicyclic) bond motifs is 4. The largest absolute Gasteiger partial charge is 0.491 e. The number of nitrogens with one attached hydrogen (secondary N) is 2. The van der Waals surface area contributed by atoms with E-state index in [2.05, 4.69) is 30.6 Å². The van der Waals surface area contributed by atoms with E-state index < -0.39 is 11.8 Å². The van der Waals surface area contributed by atoms with Gasteiger partial charge in [0.1, 0.15) is 34.6 Å². The van der Waals surface area contributed by atoms with Gasteiger partial charge in [0.05, 0.1) is 29.0 Å². The second-order valence-electron chi connectivity index (χ2n) is 14.9. The maximum Gasteiger partial charge on any atom is 0.295 e. The maximum absolute atomic E-state index is 13.7. The van der Waals surface area contributed by atoms with Crippen molar-refractivity contribution in [3.05, 3.63) is 88.4 Å². The lowest BCUT2D eigenvalue weighted by Crippen LogP contribution is -2.30. The van der Waals surface area contributed by atoms with Gasteiger partial charge in [0.25, 0.3) is 11.8 Å². The normalized spacial score (nSPS) is 12.2. The predicted molar refractivity (Wildman–Crippen MR) is 240 cm³/mol. The molecule has 1 aromatic carbocycles. The van der Waals surface area contributed by atoms with E-state index in [4.69, 9.17) is 30.6 Å². The van der Waals surface area contributed by atoms with Crippen molar-refractivity contribution in [1.29, 1.82) is 0 Å². The zero-order chi connectivity index (χ0) is 45.4. The fourth-order valence-electron chi connectivity index (χ4n) is 7.22. The fourth-order valence-corrected chi connectivity index (χ4v) is 7.22. The molecular weight excluding hydrogens is 807 g/mol. The zero-order valence-corrected chi connectivity index (χ0v) is 36.6. The Bertz CT molecular complexity index is 2790. The smallest absolute Gasteiger partial charge is 0.295 e. The fraction of sp³-hybridized carbons (Fsp3) is 0.364. The van der Waals surface area contributed by atoms with Crippen LogP contribution in [0.1, 0.15) is 88.1 Å². The van der Waals surface area contributed by atoms with Crippen LogP contribution in [0, 0.1) is 13.8 Å². The minimum atomic E-state index is -0.662. The van der Waals surface area contributed by atoms with Gasteiger partial charge in [0, 0.05) is 81.3 Å². The Morgan fingerprint density at radius 2 is 1.76 bits per heavy atom. The Balaban J connectivity index is 1.40. The first-order chi connectivity index (χ1) is 30.3. The number of imidazole rings is 1. The second kappa shape index (κ2) is 20.1. The van der Waals surface area contributed by atoms with Crippen LogP contribution in [0.2, 0.25) is 0 Å². The van der Waals surface area contributed by atoms with Crippen molar-refractivity contribution >= 4 is 68.6 Å². The van der Waals surface area contributed by atoms with Gasteiger partial charge in [0.15, 0.2) is 11.7 Å². The number of ether oxygens (including phenoxy) is 1. The van der Waals surface area contributed by atoms with Gasteiger partial charge in [-0.2, -0.15) is 0 Å². The van der Waals surface area contributed by atoms with E-state index in [1.807, 2.05) is 30.6 Å². The predicted octanol–water partition coefficient (Wildman–Crippen LogP) is 4.42. The molecule has 6 rings (SSSR count). The minimum Gasteiger partial charge on any atom is -0.491 e. The van der Waals surface area contributed by atoms with Gasteiger partial charge in [-0.05, 0) is 64.9 Å². The quantitative estimate of drug-likeness (QED) is 0.0359. The lowest BCUT2D eigenvalue weighted by atomic mass is 10.1. The lowest BCUT2D eigenvalue weighted by molar-refractivity contribution is -0.129. The molecule has 19 nitrogen and oxygen atoms in total. The van der Waals surface area contributed by atoms with E-state index in [0.29, 0.717) is 125 Å². The molecule has 0 aliphatic carbocycles. The van der Waals surface area contributed by atoms with E-state index in [-0.39, 0.29) is 36.5 Å². The Morgan fingerprint density at radius 1 is 1.00 bits per heavy atom. The van der Waals surface area contributed by atoms with Gasteiger partial charge < -0.3 is 40.0 Å². The molecule has 5 heterocycles. The molecule has 5 aromatic heterocycles. The molecule has 0 bridgehead atoms. The Kier molecular flexibility index (Phi) is 14.4. The van der Waals surface area contributed by atoms with Gasteiger partial charge in [0.2, 0.25) is 17.6 Å². The number of carbonyl (C=O) groups is 4.